The minimum absolute atomic E-state index is 0.0441. The number of carbonyl (C=O) groups is 2. The molecule has 1 amide bonds. The molecule has 0 aromatic heterocycles. The Labute approximate surface area is 231 Å². The van der Waals surface area contributed by atoms with Crippen molar-refractivity contribution in [1.82, 2.24) is 10.2 Å². The van der Waals surface area contributed by atoms with Crippen LogP contribution < -0.4 is 14.8 Å². The average molecular weight is 533 g/mol. The van der Waals surface area contributed by atoms with Gasteiger partial charge in [0.25, 0.3) is 0 Å². The highest BCUT2D eigenvalue weighted by Gasteiger charge is 2.61. The summed E-state index contributed by atoms with van der Waals surface area (Å²) < 4.78 is 17.3. The molecule has 1 heterocycles. The van der Waals surface area contributed by atoms with Crippen molar-refractivity contribution in [3.8, 4) is 11.5 Å². The molecule has 39 heavy (non-hydrogen) atoms. The zero-order chi connectivity index (χ0) is 27.5. The number of benzene rings is 2. The highest BCUT2D eigenvalue weighted by molar-refractivity contribution is 5.92. The first kappa shape index (κ1) is 27.3. The number of amides is 1. The number of likely N-dealkylation sites (tertiary alicyclic amines) is 1. The Balaban J connectivity index is 1.42. The van der Waals surface area contributed by atoms with Crippen LogP contribution in [0.15, 0.2) is 54.6 Å². The van der Waals surface area contributed by atoms with Crippen LogP contribution in [0.1, 0.15) is 56.6 Å². The standard InChI is InChI=1S/C32H40N2O5/c1-23(35)39-32-15-14-27(33-30(36)13-12-24-6-4-8-28(18-24)37-2)20-31(32,26-7-5-9-29(19-26)38-3)16-17-34(22-32)21-25-10-11-25/h4-9,12-13,18-19,25,27H,10-11,14-17,20-22H2,1-3H3,(H,33,36)/t27-,31+,32+/m1/s1. The van der Waals surface area contributed by atoms with Crippen LogP contribution in [0.5, 0.6) is 11.5 Å². The third kappa shape index (κ3) is 5.98. The molecule has 3 fully saturated rings. The van der Waals surface area contributed by atoms with Gasteiger partial charge in [0.2, 0.25) is 5.91 Å². The van der Waals surface area contributed by atoms with Gasteiger partial charge in [-0.3, -0.25) is 14.5 Å². The molecule has 2 aromatic carbocycles. The van der Waals surface area contributed by atoms with E-state index >= 15 is 0 Å². The van der Waals surface area contributed by atoms with Crippen LogP contribution in [0, 0.1) is 5.92 Å². The van der Waals surface area contributed by atoms with E-state index in [9.17, 15) is 9.59 Å². The number of ether oxygens (including phenoxy) is 3. The Morgan fingerprint density at radius 3 is 2.49 bits per heavy atom. The highest BCUT2D eigenvalue weighted by atomic mass is 16.6. The monoisotopic (exact) mass is 532 g/mol. The van der Waals surface area contributed by atoms with Crippen molar-refractivity contribution in [1.29, 1.82) is 0 Å². The quantitative estimate of drug-likeness (QED) is 0.371. The third-order valence-electron chi connectivity index (χ3n) is 8.74. The summed E-state index contributed by atoms with van der Waals surface area (Å²) in [6, 6.07) is 15.7. The molecule has 2 aromatic rings. The Hall–Kier alpha value is -3.32. The largest absolute Gasteiger partial charge is 0.497 e. The number of methoxy groups -OCH3 is 2. The van der Waals surface area contributed by atoms with Gasteiger partial charge in [-0.25, -0.2) is 0 Å². The van der Waals surface area contributed by atoms with Gasteiger partial charge >= 0.3 is 5.97 Å². The summed E-state index contributed by atoms with van der Waals surface area (Å²) in [4.78, 5) is 28.1. The first-order valence-corrected chi connectivity index (χ1v) is 14.0. The maximum atomic E-state index is 13.0. The van der Waals surface area contributed by atoms with Crippen molar-refractivity contribution in [2.45, 2.75) is 62.5 Å². The number of carbonyl (C=O) groups excluding carboxylic acids is 2. The van der Waals surface area contributed by atoms with E-state index in [1.165, 1.54) is 19.8 Å². The highest BCUT2D eigenvalue weighted by Crippen LogP contribution is 2.54. The smallest absolute Gasteiger partial charge is 0.303 e. The fourth-order valence-electron chi connectivity index (χ4n) is 6.72. The molecule has 3 atom stereocenters. The van der Waals surface area contributed by atoms with Crippen molar-refractivity contribution >= 4 is 18.0 Å². The molecule has 2 aliphatic carbocycles. The summed E-state index contributed by atoms with van der Waals surface area (Å²) in [5, 5.41) is 3.26. The number of hydrogen-bond donors (Lipinski definition) is 1. The van der Waals surface area contributed by atoms with Crippen LogP contribution in [0.2, 0.25) is 0 Å². The van der Waals surface area contributed by atoms with Crippen LogP contribution in [-0.2, 0) is 19.7 Å². The molecule has 0 radical (unpaired) electrons. The van der Waals surface area contributed by atoms with E-state index in [0.717, 1.165) is 61.0 Å². The van der Waals surface area contributed by atoms with Crippen molar-refractivity contribution in [2.75, 3.05) is 33.9 Å². The van der Waals surface area contributed by atoms with Gasteiger partial charge < -0.3 is 19.5 Å². The summed E-state index contributed by atoms with van der Waals surface area (Å²) in [7, 11) is 3.30. The van der Waals surface area contributed by atoms with Gasteiger partial charge in [0, 0.05) is 37.5 Å². The molecule has 208 valence electrons. The van der Waals surface area contributed by atoms with Crippen molar-refractivity contribution in [3.63, 3.8) is 0 Å². The molecule has 1 N–H and O–H groups in total. The van der Waals surface area contributed by atoms with E-state index in [4.69, 9.17) is 14.2 Å². The molecular formula is C32H40N2O5. The predicted molar refractivity (Wildman–Crippen MR) is 151 cm³/mol. The van der Waals surface area contributed by atoms with Gasteiger partial charge in [-0.1, -0.05) is 24.3 Å². The number of piperidine rings is 1. The molecule has 0 unspecified atom stereocenters. The topological polar surface area (TPSA) is 77.1 Å². The maximum absolute atomic E-state index is 13.0. The Bertz CT molecular complexity index is 1220. The first-order chi connectivity index (χ1) is 18.8. The fourth-order valence-corrected chi connectivity index (χ4v) is 6.72. The molecular weight excluding hydrogens is 492 g/mol. The molecule has 2 saturated carbocycles. The minimum atomic E-state index is -0.657. The van der Waals surface area contributed by atoms with E-state index in [-0.39, 0.29) is 17.9 Å². The lowest BCUT2D eigenvalue weighted by molar-refractivity contribution is -0.187. The minimum Gasteiger partial charge on any atom is -0.497 e. The van der Waals surface area contributed by atoms with Crippen LogP contribution >= 0.6 is 0 Å². The molecule has 1 saturated heterocycles. The number of rotatable bonds is 9. The number of hydrogen-bond acceptors (Lipinski definition) is 6. The lowest BCUT2D eigenvalue weighted by atomic mass is 9.55. The zero-order valence-electron chi connectivity index (χ0n) is 23.3. The second-order valence-electron chi connectivity index (χ2n) is 11.4. The molecule has 7 nitrogen and oxygen atoms in total. The van der Waals surface area contributed by atoms with Gasteiger partial charge in [-0.05, 0) is 92.5 Å². The average Bonchev–Trinajstić information content (AvgIpc) is 3.76. The van der Waals surface area contributed by atoms with Crippen LogP contribution in [-0.4, -0.2) is 62.3 Å². The van der Waals surface area contributed by atoms with Gasteiger partial charge in [0.05, 0.1) is 14.2 Å². The summed E-state index contributed by atoms with van der Waals surface area (Å²) in [5.41, 5.74) is 0.925. The van der Waals surface area contributed by atoms with Gasteiger partial charge in [0.15, 0.2) is 0 Å². The van der Waals surface area contributed by atoms with Crippen LogP contribution in [0.4, 0.5) is 0 Å². The zero-order valence-corrected chi connectivity index (χ0v) is 23.3. The second kappa shape index (κ2) is 11.4. The van der Waals surface area contributed by atoms with E-state index in [1.54, 1.807) is 26.4 Å². The third-order valence-corrected chi connectivity index (χ3v) is 8.74. The number of nitrogens with zero attached hydrogens (tertiary/aromatic N) is 1. The number of nitrogens with one attached hydrogen (secondary N) is 1. The molecule has 3 aliphatic rings. The fraction of sp³-hybridized carbons (Fsp3) is 0.500. The summed E-state index contributed by atoms with van der Waals surface area (Å²) in [5.74, 6) is 1.91. The normalized spacial score (nSPS) is 27.0. The lowest BCUT2D eigenvalue weighted by Crippen LogP contribution is -2.68. The van der Waals surface area contributed by atoms with E-state index in [1.807, 2.05) is 36.4 Å². The summed E-state index contributed by atoms with van der Waals surface area (Å²) in [6.45, 7) is 4.23. The molecule has 7 heteroatoms. The second-order valence-corrected chi connectivity index (χ2v) is 11.4. The first-order valence-electron chi connectivity index (χ1n) is 14.0. The number of esters is 1. The van der Waals surface area contributed by atoms with E-state index in [2.05, 4.69) is 22.3 Å². The SMILES string of the molecule is COc1cccc(C=CC(=O)N[C@@H]2CC[C@]3(OC(C)=O)CN(CC4CC4)CC[C@@]3(c3cccc(OC)c3)C2)c1. The van der Waals surface area contributed by atoms with Gasteiger partial charge in [0.1, 0.15) is 17.1 Å². The van der Waals surface area contributed by atoms with Crippen LogP contribution in [0.3, 0.4) is 0 Å². The van der Waals surface area contributed by atoms with E-state index in [0.29, 0.717) is 12.8 Å². The van der Waals surface area contributed by atoms with Gasteiger partial charge in [-0.2, -0.15) is 0 Å². The Kier molecular flexibility index (Phi) is 7.98. The summed E-state index contributed by atoms with van der Waals surface area (Å²) in [6.07, 6.45) is 8.95. The number of fused-ring (bicyclic) bond motifs is 1. The van der Waals surface area contributed by atoms with Crippen molar-refractivity contribution < 1.29 is 23.8 Å². The Morgan fingerprint density at radius 2 is 1.77 bits per heavy atom. The molecule has 0 spiro atoms. The van der Waals surface area contributed by atoms with Crippen LogP contribution in [0.25, 0.3) is 6.08 Å². The molecule has 0 bridgehead atoms. The molecule has 5 rings (SSSR count). The van der Waals surface area contributed by atoms with Gasteiger partial charge in [-0.15, -0.1) is 0 Å². The molecule has 1 aliphatic heterocycles. The van der Waals surface area contributed by atoms with Crippen molar-refractivity contribution in [2.24, 2.45) is 5.92 Å². The maximum Gasteiger partial charge on any atom is 0.303 e. The summed E-state index contributed by atoms with van der Waals surface area (Å²) >= 11 is 0. The van der Waals surface area contributed by atoms with E-state index < -0.39 is 11.0 Å². The Morgan fingerprint density at radius 1 is 1.03 bits per heavy atom. The van der Waals surface area contributed by atoms with Crippen molar-refractivity contribution in [3.05, 3.63) is 65.7 Å². The predicted octanol–water partition coefficient (Wildman–Crippen LogP) is 4.74. The lowest BCUT2D eigenvalue weighted by Gasteiger charge is -2.59.